The molecule has 2 atom stereocenters. The first kappa shape index (κ1) is 16.4. The molecule has 0 radical (unpaired) electrons. The van der Waals surface area contributed by atoms with Crippen LogP contribution in [0, 0.1) is 0 Å². The summed E-state index contributed by atoms with van der Waals surface area (Å²) in [7, 11) is -3.67. The fraction of sp³-hybridized carbons (Fsp3) is 0.176. The number of ether oxygens (including phenoxy) is 1. The van der Waals surface area contributed by atoms with Gasteiger partial charge in [-0.2, -0.15) is 0 Å². The van der Waals surface area contributed by atoms with Crippen molar-refractivity contribution in [2.24, 2.45) is 0 Å². The van der Waals surface area contributed by atoms with Gasteiger partial charge in [-0.25, -0.2) is 13.2 Å². The van der Waals surface area contributed by atoms with E-state index in [9.17, 15) is 23.1 Å². The topological polar surface area (TPSA) is 114 Å². The molecule has 26 heavy (non-hydrogen) atoms. The van der Waals surface area contributed by atoms with Crippen molar-refractivity contribution >= 4 is 27.0 Å². The van der Waals surface area contributed by atoms with E-state index in [4.69, 9.17) is 9.15 Å². The van der Waals surface area contributed by atoms with Crippen molar-refractivity contribution in [2.75, 3.05) is 6.26 Å². The number of nitrogens with zero attached hydrogens (tertiary/aromatic N) is 1. The van der Waals surface area contributed by atoms with Crippen molar-refractivity contribution in [1.29, 1.82) is 0 Å². The first-order valence-corrected chi connectivity index (χ1v) is 9.46. The summed E-state index contributed by atoms with van der Waals surface area (Å²) in [5.41, 5.74) is -0.368. The van der Waals surface area contributed by atoms with Gasteiger partial charge in [0.15, 0.2) is 0 Å². The SMILES string of the molecule is CS(=O)(=O)N1C=CC=CC1C1C(=O)Oc2cc(O)cc3oc(=O)cc1c23. The number of esters is 1. The average Bonchev–Trinajstić information content (AvgIpc) is 2.53. The van der Waals surface area contributed by atoms with Gasteiger partial charge in [-0.1, -0.05) is 12.2 Å². The highest BCUT2D eigenvalue weighted by Crippen LogP contribution is 2.42. The summed E-state index contributed by atoms with van der Waals surface area (Å²) in [5.74, 6) is -1.96. The van der Waals surface area contributed by atoms with Crippen LogP contribution in [0.25, 0.3) is 11.0 Å². The lowest BCUT2D eigenvalue weighted by Gasteiger charge is -2.35. The molecule has 8 nitrogen and oxygen atoms in total. The van der Waals surface area contributed by atoms with Gasteiger partial charge in [-0.15, -0.1) is 0 Å². The Hall–Kier alpha value is -3.07. The number of carbonyl (C=O) groups excluding carboxylic acids is 1. The zero-order valence-corrected chi connectivity index (χ0v) is 14.3. The molecular weight excluding hydrogens is 362 g/mol. The number of aromatic hydroxyl groups is 1. The van der Waals surface area contributed by atoms with Crippen LogP contribution in [-0.4, -0.2) is 36.1 Å². The Labute approximate surface area is 147 Å². The van der Waals surface area contributed by atoms with Crippen LogP contribution in [0.2, 0.25) is 0 Å². The summed E-state index contributed by atoms with van der Waals surface area (Å²) < 4.78 is 35.7. The second kappa shape index (κ2) is 5.46. The fourth-order valence-electron chi connectivity index (χ4n) is 3.31. The third kappa shape index (κ3) is 2.48. The Kier molecular flexibility index (Phi) is 3.45. The molecule has 9 heteroatoms. The molecule has 0 amide bonds. The molecule has 1 aromatic heterocycles. The van der Waals surface area contributed by atoms with Crippen LogP contribution in [0.4, 0.5) is 0 Å². The van der Waals surface area contributed by atoms with Crippen LogP contribution in [0.15, 0.2) is 51.8 Å². The number of benzene rings is 1. The van der Waals surface area contributed by atoms with Gasteiger partial charge in [0.05, 0.1) is 17.7 Å². The number of phenolic OH excluding ortho intramolecular Hbond substituents is 1. The predicted octanol–water partition coefficient (Wildman–Crippen LogP) is 1.21. The number of rotatable bonds is 2. The van der Waals surface area contributed by atoms with E-state index in [0.717, 1.165) is 16.6 Å². The number of allylic oxidation sites excluding steroid dienone is 2. The molecule has 2 aliphatic heterocycles. The summed E-state index contributed by atoms with van der Waals surface area (Å²) in [4.78, 5) is 24.6. The molecule has 4 rings (SSSR count). The van der Waals surface area contributed by atoms with Gasteiger partial charge in [0.1, 0.15) is 23.0 Å². The molecule has 0 saturated heterocycles. The second-order valence-electron chi connectivity index (χ2n) is 6.05. The largest absolute Gasteiger partial charge is 0.508 e. The summed E-state index contributed by atoms with van der Waals surface area (Å²) in [5, 5.41) is 10.1. The Morgan fingerprint density at radius 3 is 2.65 bits per heavy atom. The normalized spacial score (nSPS) is 21.9. The summed E-state index contributed by atoms with van der Waals surface area (Å²) in [6.45, 7) is 0. The van der Waals surface area contributed by atoms with E-state index < -0.39 is 33.6 Å². The molecule has 134 valence electrons. The molecule has 3 heterocycles. The Balaban J connectivity index is 1.99. The Morgan fingerprint density at radius 1 is 1.15 bits per heavy atom. The van der Waals surface area contributed by atoms with Gasteiger partial charge in [0, 0.05) is 24.4 Å². The van der Waals surface area contributed by atoms with Crippen LogP contribution >= 0.6 is 0 Å². The maximum atomic E-state index is 12.7. The molecular formula is C17H13NO7S. The third-order valence-corrected chi connectivity index (χ3v) is 5.42. The standard InChI is InChI=1S/C17H13NO7S/c1-26(22,23)18-5-3-2-4-11(18)15-10-8-14(20)24-12-6-9(19)7-13(16(10)12)25-17(15)21/h2-8,11,15,19H,1H3. The lowest BCUT2D eigenvalue weighted by molar-refractivity contribution is -0.137. The first-order chi connectivity index (χ1) is 12.3. The van der Waals surface area contributed by atoms with Gasteiger partial charge in [-0.3, -0.25) is 9.10 Å². The predicted molar refractivity (Wildman–Crippen MR) is 91.3 cm³/mol. The van der Waals surface area contributed by atoms with Crippen LogP contribution in [0.5, 0.6) is 11.5 Å². The highest BCUT2D eigenvalue weighted by Gasteiger charge is 2.42. The highest BCUT2D eigenvalue weighted by atomic mass is 32.2. The number of hydrogen-bond donors (Lipinski definition) is 1. The zero-order chi connectivity index (χ0) is 18.6. The van der Waals surface area contributed by atoms with E-state index in [1.165, 1.54) is 24.4 Å². The molecule has 2 aliphatic rings. The zero-order valence-electron chi connectivity index (χ0n) is 13.4. The third-order valence-electron chi connectivity index (χ3n) is 4.29. The van der Waals surface area contributed by atoms with E-state index in [1.54, 1.807) is 12.2 Å². The lowest BCUT2D eigenvalue weighted by Crippen LogP contribution is -2.44. The maximum absolute atomic E-state index is 12.7. The Morgan fingerprint density at radius 2 is 1.92 bits per heavy atom. The summed E-state index contributed by atoms with van der Waals surface area (Å²) in [6.07, 6.45) is 7.08. The average molecular weight is 375 g/mol. The lowest BCUT2D eigenvalue weighted by atomic mass is 9.86. The molecule has 1 aromatic carbocycles. The number of hydrogen-bond acceptors (Lipinski definition) is 7. The van der Waals surface area contributed by atoms with Crippen molar-refractivity contribution in [1.82, 2.24) is 4.31 Å². The minimum Gasteiger partial charge on any atom is -0.508 e. The number of phenols is 1. The molecule has 0 bridgehead atoms. The highest BCUT2D eigenvalue weighted by molar-refractivity contribution is 7.88. The monoisotopic (exact) mass is 375 g/mol. The van der Waals surface area contributed by atoms with Crippen LogP contribution < -0.4 is 10.4 Å². The summed E-state index contributed by atoms with van der Waals surface area (Å²) >= 11 is 0. The van der Waals surface area contributed by atoms with Crippen molar-refractivity contribution in [3.05, 3.63) is 58.6 Å². The van der Waals surface area contributed by atoms with E-state index in [2.05, 4.69) is 0 Å². The molecule has 2 aromatic rings. The molecule has 0 aliphatic carbocycles. The number of carbonyl (C=O) groups is 1. The van der Waals surface area contributed by atoms with Gasteiger partial charge in [-0.05, 0) is 11.6 Å². The van der Waals surface area contributed by atoms with Crippen molar-refractivity contribution < 1.29 is 27.5 Å². The number of sulfonamides is 1. The van der Waals surface area contributed by atoms with E-state index >= 15 is 0 Å². The fourth-order valence-corrected chi connectivity index (χ4v) is 4.24. The van der Waals surface area contributed by atoms with E-state index in [-0.39, 0.29) is 17.1 Å². The van der Waals surface area contributed by atoms with Crippen molar-refractivity contribution in [2.45, 2.75) is 12.0 Å². The molecule has 0 spiro atoms. The minimum atomic E-state index is -3.67. The van der Waals surface area contributed by atoms with Gasteiger partial charge in [0.2, 0.25) is 10.0 Å². The van der Waals surface area contributed by atoms with E-state index in [1.807, 2.05) is 0 Å². The molecule has 0 fully saturated rings. The second-order valence-corrected chi connectivity index (χ2v) is 7.93. The van der Waals surface area contributed by atoms with Crippen LogP contribution in [0.3, 0.4) is 0 Å². The van der Waals surface area contributed by atoms with Crippen LogP contribution in [0.1, 0.15) is 11.5 Å². The first-order valence-electron chi connectivity index (χ1n) is 7.61. The van der Waals surface area contributed by atoms with E-state index in [0.29, 0.717) is 10.9 Å². The van der Waals surface area contributed by atoms with Gasteiger partial charge in [0.25, 0.3) is 0 Å². The van der Waals surface area contributed by atoms with Crippen molar-refractivity contribution in [3.63, 3.8) is 0 Å². The van der Waals surface area contributed by atoms with Gasteiger partial charge < -0.3 is 14.3 Å². The maximum Gasteiger partial charge on any atom is 0.336 e. The van der Waals surface area contributed by atoms with Crippen molar-refractivity contribution in [3.8, 4) is 11.5 Å². The van der Waals surface area contributed by atoms with Gasteiger partial charge >= 0.3 is 11.6 Å². The quantitative estimate of drug-likeness (QED) is 0.477. The molecule has 2 unspecified atom stereocenters. The molecule has 0 saturated carbocycles. The molecule has 1 N–H and O–H groups in total. The minimum absolute atomic E-state index is 0.0567. The Bertz CT molecular complexity index is 1160. The summed E-state index contributed by atoms with van der Waals surface area (Å²) in [6, 6.07) is 2.74. The van der Waals surface area contributed by atoms with Crippen LogP contribution in [-0.2, 0) is 14.8 Å². The smallest absolute Gasteiger partial charge is 0.336 e.